The SMILES string of the molecule is CC(C)(c1ccc(OCc2ccnc(N3CCC(N4CCC(N5CCC6(CCCNC6)CC5)CC4)CC3)n2)cc1)c1cc(Cl)cc(C#N)c1. The molecule has 0 unspecified atom stereocenters. The number of nitrogens with zero attached hydrogens (tertiary/aromatic N) is 6. The fourth-order valence-corrected chi connectivity index (χ4v) is 9.03. The minimum atomic E-state index is -0.315. The zero-order chi connectivity index (χ0) is 33.8. The Bertz CT molecular complexity index is 1590. The van der Waals surface area contributed by atoms with Crippen LogP contribution in [0.3, 0.4) is 0 Å². The van der Waals surface area contributed by atoms with E-state index in [0.29, 0.717) is 28.6 Å². The first-order valence-corrected chi connectivity index (χ1v) is 18.9. The molecule has 1 spiro atoms. The molecule has 0 atom stereocenters. The van der Waals surface area contributed by atoms with E-state index in [4.69, 9.17) is 21.3 Å². The predicted molar refractivity (Wildman–Crippen MR) is 196 cm³/mol. The van der Waals surface area contributed by atoms with Gasteiger partial charge < -0.3 is 24.8 Å². The minimum Gasteiger partial charge on any atom is -0.487 e. The van der Waals surface area contributed by atoms with Crippen LogP contribution < -0.4 is 15.0 Å². The third kappa shape index (κ3) is 7.91. The summed E-state index contributed by atoms with van der Waals surface area (Å²) in [6.45, 7) is 14.2. The van der Waals surface area contributed by atoms with Gasteiger partial charge in [-0.05, 0) is 137 Å². The zero-order valence-corrected chi connectivity index (χ0v) is 30.1. The van der Waals surface area contributed by atoms with Gasteiger partial charge in [0.1, 0.15) is 12.4 Å². The van der Waals surface area contributed by atoms with Crippen LogP contribution in [0.15, 0.2) is 54.7 Å². The molecule has 3 aromatic rings. The summed E-state index contributed by atoms with van der Waals surface area (Å²) >= 11 is 6.30. The first-order chi connectivity index (χ1) is 23.8. The fourth-order valence-electron chi connectivity index (χ4n) is 8.79. The molecule has 4 aliphatic heterocycles. The van der Waals surface area contributed by atoms with Crippen molar-refractivity contribution in [2.75, 3.05) is 57.3 Å². The number of hydrogen-bond donors (Lipinski definition) is 1. The smallest absolute Gasteiger partial charge is 0.225 e. The summed E-state index contributed by atoms with van der Waals surface area (Å²) < 4.78 is 6.16. The first kappa shape index (κ1) is 34.2. The van der Waals surface area contributed by atoms with Gasteiger partial charge in [-0.2, -0.15) is 5.26 Å². The van der Waals surface area contributed by atoms with E-state index in [1.54, 1.807) is 6.07 Å². The van der Waals surface area contributed by atoms with Crippen molar-refractivity contribution in [1.82, 2.24) is 25.1 Å². The standard InChI is InChI=1S/C40H52ClN7O/c1-39(2,32-24-30(27-42)25-33(41)26-32)31-4-6-37(7-5-31)49-28-34-8-17-44-38(45-34)48-20-11-35(12-21-48)46-18-9-36(10-19-46)47-22-14-40(15-23-47)13-3-16-43-29-40/h4-8,17,24-26,35-36,43H,3,9-16,18-23,28-29H2,1-2H3. The topological polar surface area (TPSA) is 80.6 Å². The molecule has 9 heteroatoms. The average molecular weight is 682 g/mol. The van der Waals surface area contributed by atoms with E-state index in [0.717, 1.165) is 47.7 Å². The highest BCUT2D eigenvalue weighted by Gasteiger charge is 2.38. The van der Waals surface area contributed by atoms with Gasteiger partial charge in [0.2, 0.25) is 5.95 Å². The third-order valence-corrected chi connectivity index (χ3v) is 12.3. The Hall–Kier alpha value is -3.22. The van der Waals surface area contributed by atoms with Gasteiger partial charge in [-0.15, -0.1) is 0 Å². The molecule has 4 aliphatic rings. The minimum absolute atomic E-state index is 0.315. The molecule has 0 radical (unpaired) electrons. The molecule has 260 valence electrons. The first-order valence-electron chi connectivity index (χ1n) is 18.5. The molecule has 4 saturated heterocycles. The lowest BCUT2D eigenvalue weighted by molar-refractivity contribution is 0.0223. The van der Waals surface area contributed by atoms with Crippen LogP contribution in [0.25, 0.3) is 0 Å². The second-order valence-corrected chi connectivity index (χ2v) is 15.9. The number of piperidine rings is 4. The predicted octanol–water partition coefficient (Wildman–Crippen LogP) is 6.81. The van der Waals surface area contributed by atoms with E-state index in [1.807, 2.05) is 36.5 Å². The fraction of sp³-hybridized carbons (Fsp3) is 0.575. The van der Waals surface area contributed by atoms with Crippen molar-refractivity contribution in [3.05, 3.63) is 82.1 Å². The number of anilines is 1. The normalized spacial score (nSPS) is 21.5. The second-order valence-electron chi connectivity index (χ2n) is 15.4. The van der Waals surface area contributed by atoms with Crippen LogP contribution in [0.2, 0.25) is 5.02 Å². The van der Waals surface area contributed by atoms with Crippen LogP contribution in [0.5, 0.6) is 5.75 Å². The summed E-state index contributed by atoms with van der Waals surface area (Å²) in [7, 11) is 0. The number of nitriles is 1. The lowest BCUT2D eigenvalue weighted by atomic mass is 9.72. The Morgan fingerprint density at radius 2 is 1.59 bits per heavy atom. The van der Waals surface area contributed by atoms with Gasteiger partial charge in [0, 0.05) is 48.4 Å². The van der Waals surface area contributed by atoms with Crippen molar-refractivity contribution in [3.63, 3.8) is 0 Å². The zero-order valence-electron chi connectivity index (χ0n) is 29.3. The number of aromatic nitrogens is 2. The monoisotopic (exact) mass is 681 g/mol. The molecular weight excluding hydrogens is 630 g/mol. The molecule has 2 aromatic carbocycles. The van der Waals surface area contributed by atoms with Crippen molar-refractivity contribution >= 4 is 17.5 Å². The summed E-state index contributed by atoms with van der Waals surface area (Å²) in [5.74, 6) is 1.60. The number of ether oxygens (including phenoxy) is 1. The number of likely N-dealkylation sites (tertiary alicyclic amines) is 2. The van der Waals surface area contributed by atoms with Gasteiger partial charge >= 0.3 is 0 Å². The van der Waals surface area contributed by atoms with E-state index < -0.39 is 0 Å². The number of benzene rings is 2. The molecule has 0 bridgehead atoms. The van der Waals surface area contributed by atoms with Crippen LogP contribution in [-0.4, -0.2) is 84.2 Å². The summed E-state index contributed by atoms with van der Waals surface area (Å²) in [5, 5.41) is 13.6. The van der Waals surface area contributed by atoms with Crippen LogP contribution in [0.1, 0.15) is 87.6 Å². The van der Waals surface area contributed by atoms with Crippen molar-refractivity contribution in [2.24, 2.45) is 5.41 Å². The molecule has 0 amide bonds. The summed E-state index contributed by atoms with van der Waals surface area (Å²) in [6, 6.07) is 19.3. The highest BCUT2D eigenvalue weighted by atomic mass is 35.5. The summed E-state index contributed by atoms with van der Waals surface area (Å²) in [6.07, 6.45) is 12.4. The van der Waals surface area contributed by atoms with Crippen molar-refractivity contribution in [3.8, 4) is 11.8 Å². The maximum atomic E-state index is 9.39. The van der Waals surface area contributed by atoms with E-state index in [9.17, 15) is 5.26 Å². The van der Waals surface area contributed by atoms with Crippen LogP contribution >= 0.6 is 11.6 Å². The molecule has 1 N–H and O–H groups in total. The molecule has 0 aliphatic carbocycles. The lowest BCUT2D eigenvalue weighted by Crippen LogP contribution is -2.54. The highest BCUT2D eigenvalue weighted by molar-refractivity contribution is 6.30. The number of rotatable bonds is 8. The molecule has 49 heavy (non-hydrogen) atoms. The molecule has 5 heterocycles. The van der Waals surface area contributed by atoms with Gasteiger partial charge in [0.05, 0.1) is 17.3 Å². The highest BCUT2D eigenvalue weighted by Crippen LogP contribution is 2.39. The molecular formula is C40H52ClN7O. The van der Waals surface area contributed by atoms with Gasteiger partial charge in [-0.1, -0.05) is 37.6 Å². The number of halogens is 1. The van der Waals surface area contributed by atoms with Crippen LogP contribution in [0, 0.1) is 16.7 Å². The maximum absolute atomic E-state index is 9.39. The number of hydrogen-bond acceptors (Lipinski definition) is 8. The van der Waals surface area contributed by atoms with Crippen LogP contribution in [-0.2, 0) is 12.0 Å². The maximum Gasteiger partial charge on any atom is 0.225 e. The van der Waals surface area contributed by atoms with E-state index in [2.05, 4.69) is 57.0 Å². The van der Waals surface area contributed by atoms with E-state index in [-0.39, 0.29) is 5.41 Å². The van der Waals surface area contributed by atoms with Crippen LogP contribution in [0.4, 0.5) is 5.95 Å². The Labute approximate surface area is 297 Å². The Kier molecular flexibility index (Phi) is 10.4. The van der Waals surface area contributed by atoms with Gasteiger partial charge in [-0.3, -0.25) is 0 Å². The average Bonchev–Trinajstić information content (AvgIpc) is 3.15. The molecule has 4 fully saturated rings. The second kappa shape index (κ2) is 14.9. The van der Waals surface area contributed by atoms with Gasteiger partial charge in [-0.25, -0.2) is 9.97 Å². The third-order valence-electron chi connectivity index (χ3n) is 12.1. The molecule has 1 aromatic heterocycles. The Morgan fingerprint density at radius 1 is 0.898 bits per heavy atom. The van der Waals surface area contributed by atoms with Crippen molar-refractivity contribution < 1.29 is 4.74 Å². The summed E-state index contributed by atoms with van der Waals surface area (Å²) in [4.78, 5) is 17.5. The largest absolute Gasteiger partial charge is 0.487 e. The number of nitrogens with one attached hydrogen (secondary N) is 1. The molecule has 0 saturated carbocycles. The quantitative estimate of drug-likeness (QED) is 0.278. The van der Waals surface area contributed by atoms with Gasteiger partial charge in [0.15, 0.2) is 0 Å². The molecule has 8 nitrogen and oxygen atoms in total. The Balaban J connectivity index is 0.865. The Morgan fingerprint density at radius 3 is 2.27 bits per heavy atom. The van der Waals surface area contributed by atoms with E-state index in [1.165, 1.54) is 90.6 Å². The summed E-state index contributed by atoms with van der Waals surface area (Å²) in [5.41, 5.74) is 3.85. The van der Waals surface area contributed by atoms with Crippen molar-refractivity contribution in [2.45, 2.75) is 89.3 Å². The van der Waals surface area contributed by atoms with E-state index >= 15 is 0 Å². The molecule has 7 rings (SSSR count). The lowest BCUT2D eigenvalue weighted by Gasteiger charge is -2.49. The van der Waals surface area contributed by atoms with Gasteiger partial charge in [0.25, 0.3) is 0 Å². The van der Waals surface area contributed by atoms with Crippen molar-refractivity contribution in [1.29, 1.82) is 5.26 Å².